The molecule has 2 nitrogen and oxygen atoms in total. The van der Waals surface area contributed by atoms with Gasteiger partial charge in [0.15, 0.2) is 0 Å². The average molecular weight is 483 g/mol. The molecule has 1 amide bonds. The molecule has 3 aromatic carbocycles. The summed E-state index contributed by atoms with van der Waals surface area (Å²) in [5, 5.41) is 1.97. The molecule has 5 rings (SSSR count). The van der Waals surface area contributed by atoms with Gasteiger partial charge in [-0.25, -0.2) is 0 Å². The number of carbonyl (C=O) groups excluding carboxylic acids is 1. The van der Waals surface area contributed by atoms with Crippen LogP contribution in [-0.2, 0) is 11.3 Å². The smallest absolute Gasteiger partial charge is 0.230 e. The molecule has 0 N–H and O–H groups in total. The van der Waals surface area contributed by atoms with E-state index in [1.165, 1.54) is 0 Å². The minimum absolute atomic E-state index is 0.0895. The largest absolute Gasteiger partial charge is 0.338 e. The van der Waals surface area contributed by atoms with E-state index in [1.54, 1.807) is 6.07 Å². The maximum Gasteiger partial charge on any atom is 0.230 e. The standard InChI is InChI=1S/C27H22Cl3NO/c28-20-8-6-18(7-9-20)23-14-24-19(12-25(23)22-11-10-21(29)13-26(22)30)16-31(27(24)32)15-17-4-2-1-3-5-17/h1-11,13-14,19,24-25H,12,15-16H2/t19-,24-,25+/m0/s1. The second-order valence-electron chi connectivity index (χ2n) is 8.57. The van der Waals surface area contributed by atoms with Crippen molar-refractivity contribution in [2.45, 2.75) is 18.9 Å². The number of hydrogen-bond acceptors (Lipinski definition) is 1. The Morgan fingerprint density at radius 3 is 2.31 bits per heavy atom. The molecule has 5 heteroatoms. The van der Waals surface area contributed by atoms with Crippen LogP contribution in [-0.4, -0.2) is 17.4 Å². The monoisotopic (exact) mass is 481 g/mol. The second kappa shape index (κ2) is 8.94. The molecule has 1 aliphatic carbocycles. The number of fused-ring (bicyclic) bond motifs is 1. The molecule has 0 spiro atoms. The fourth-order valence-electron chi connectivity index (χ4n) is 5.03. The number of hydrogen-bond donors (Lipinski definition) is 0. The van der Waals surface area contributed by atoms with Crippen molar-refractivity contribution in [2.75, 3.05) is 6.54 Å². The first-order chi connectivity index (χ1) is 15.5. The van der Waals surface area contributed by atoms with Crippen LogP contribution in [0.2, 0.25) is 15.1 Å². The SMILES string of the molecule is O=C1[C@H]2C=C(c3ccc(Cl)cc3)[C@@H](c3ccc(Cl)cc3Cl)C[C@H]2CN1Cc1ccccc1. The van der Waals surface area contributed by atoms with Gasteiger partial charge in [-0.3, -0.25) is 4.79 Å². The predicted molar refractivity (Wildman–Crippen MR) is 132 cm³/mol. The van der Waals surface area contributed by atoms with E-state index < -0.39 is 0 Å². The second-order valence-corrected chi connectivity index (χ2v) is 9.85. The third-order valence-electron chi connectivity index (χ3n) is 6.56. The van der Waals surface area contributed by atoms with Crippen molar-refractivity contribution in [3.05, 3.63) is 111 Å². The number of benzene rings is 3. The quantitative estimate of drug-likeness (QED) is 0.377. The van der Waals surface area contributed by atoms with Crippen molar-refractivity contribution in [1.82, 2.24) is 4.90 Å². The van der Waals surface area contributed by atoms with E-state index in [0.29, 0.717) is 21.6 Å². The Morgan fingerprint density at radius 2 is 1.59 bits per heavy atom. The van der Waals surface area contributed by atoms with Crippen LogP contribution in [0.1, 0.15) is 29.0 Å². The summed E-state index contributed by atoms with van der Waals surface area (Å²) in [4.78, 5) is 15.3. The summed E-state index contributed by atoms with van der Waals surface area (Å²) >= 11 is 18.9. The molecule has 32 heavy (non-hydrogen) atoms. The molecule has 162 valence electrons. The normalized spacial score (nSPS) is 22.6. The van der Waals surface area contributed by atoms with Crippen molar-refractivity contribution in [1.29, 1.82) is 0 Å². The van der Waals surface area contributed by atoms with Crippen molar-refractivity contribution in [3.8, 4) is 0 Å². The van der Waals surface area contributed by atoms with Crippen LogP contribution in [0.25, 0.3) is 5.57 Å². The van der Waals surface area contributed by atoms with Gasteiger partial charge < -0.3 is 4.90 Å². The molecule has 2 aliphatic rings. The maximum atomic E-state index is 13.3. The molecule has 0 bridgehead atoms. The van der Waals surface area contributed by atoms with Gasteiger partial charge >= 0.3 is 0 Å². The number of rotatable bonds is 4. The molecule has 1 heterocycles. The zero-order valence-electron chi connectivity index (χ0n) is 17.3. The van der Waals surface area contributed by atoms with Crippen LogP contribution < -0.4 is 0 Å². The van der Waals surface area contributed by atoms with Crippen LogP contribution in [0.4, 0.5) is 0 Å². The molecular formula is C27H22Cl3NO. The lowest BCUT2D eigenvalue weighted by Crippen LogP contribution is -2.26. The molecule has 1 saturated heterocycles. The van der Waals surface area contributed by atoms with Crippen LogP contribution in [0.3, 0.4) is 0 Å². The highest BCUT2D eigenvalue weighted by Crippen LogP contribution is 2.49. The van der Waals surface area contributed by atoms with Crippen molar-refractivity contribution in [2.24, 2.45) is 11.8 Å². The lowest BCUT2D eigenvalue weighted by molar-refractivity contribution is -0.130. The zero-order valence-corrected chi connectivity index (χ0v) is 19.6. The summed E-state index contributed by atoms with van der Waals surface area (Å²) in [5.74, 6) is 0.420. The topological polar surface area (TPSA) is 20.3 Å². The van der Waals surface area contributed by atoms with E-state index >= 15 is 0 Å². The van der Waals surface area contributed by atoms with Crippen molar-refractivity contribution >= 4 is 46.3 Å². The van der Waals surface area contributed by atoms with E-state index in [4.69, 9.17) is 34.8 Å². The molecule has 3 atom stereocenters. The van der Waals surface area contributed by atoms with Gasteiger partial charge in [-0.2, -0.15) is 0 Å². The maximum absolute atomic E-state index is 13.3. The van der Waals surface area contributed by atoms with E-state index in [-0.39, 0.29) is 23.7 Å². The number of likely N-dealkylation sites (tertiary alicyclic amines) is 1. The highest BCUT2D eigenvalue weighted by atomic mass is 35.5. The Balaban J connectivity index is 1.52. The third-order valence-corrected chi connectivity index (χ3v) is 7.38. The number of carbonyl (C=O) groups is 1. The fraction of sp³-hybridized carbons (Fsp3) is 0.222. The Hall–Kier alpha value is -2.26. The molecular weight excluding hydrogens is 461 g/mol. The molecule has 1 aliphatic heterocycles. The summed E-state index contributed by atoms with van der Waals surface area (Å²) in [7, 11) is 0. The predicted octanol–water partition coefficient (Wildman–Crippen LogP) is 7.49. The summed E-state index contributed by atoms with van der Waals surface area (Å²) in [6, 6.07) is 23.7. The molecule has 0 aromatic heterocycles. The Kier molecular flexibility index (Phi) is 6.03. The van der Waals surface area contributed by atoms with Gasteiger partial charge in [0.05, 0.1) is 5.92 Å². The third kappa shape index (κ3) is 4.20. The van der Waals surface area contributed by atoms with Crippen LogP contribution >= 0.6 is 34.8 Å². The number of halogens is 3. The van der Waals surface area contributed by atoms with Gasteiger partial charge in [0, 0.05) is 34.1 Å². The Labute approximate surface area is 203 Å². The van der Waals surface area contributed by atoms with Gasteiger partial charge in [0.1, 0.15) is 0 Å². The van der Waals surface area contributed by atoms with Crippen LogP contribution in [0, 0.1) is 11.8 Å². The zero-order chi connectivity index (χ0) is 22.2. The first-order valence-corrected chi connectivity index (χ1v) is 11.9. The summed E-state index contributed by atoms with van der Waals surface area (Å²) in [5.41, 5.74) is 4.39. The average Bonchev–Trinajstić information content (AvgIpc) is 3.09. The highest BCUT2D eigenvalue weighted by Gasteiger charge is 2.44. The van der Waals surface area contributed by atoms with E-state index in [9.17, 15) is 4.79 Å². The van der Waals surface area contributed by atoms with E-state index in [1.807, 2.05) is 59.5 Å². The molecule has 1 fully saturated rings. The van der Waals surface area contributed by atoms with E-state index in [2.05, 4.69) is 18.2 Å². The Morgan fingerprint density at radius 1 is 0.875 bits per heavy atom. The first kappa shape index (κ1) is 21.6. The van der Waals surface area contributed by atoms with Gasteiger partial charge in [0.2, 0.25) is 5.91 Å². The molecule has 0 saturated carbocycles. The Bertz CT molecular complexity index is 1170. The molecule has 3 aromatic rings. The highest BCUT2D eigenvalue weighted by molar-refractivity contribution is 6.35. The molecule has 0 unspecified atom stereocenters. The van der Waals surface area contributed by atoms with Gasteiger partial charge in [-0.15, -0.1) is 0 Å². The number of allylic oxidation sites excluding steroid dienone is 1. The fourth-order valence-corrected chi connectivity index (χ4v) is 5.70. The minimum Gasteiger partial charge on any atom is -0.338 e. The van der Waals surface area contributed by atoms with Crippen LogP contribution in [0.5, 0.6) is 0 Å². The first-order valence-electron chi connectivity index (χ1n) is 10.7. The summed E-state index contributed by atoms with van der Waals surface area (Å²) < 4.78 is 0. The van der Waals surface area contributed by atoms with E-state index in [0.717, 1.165) is 35.2 Å². The number of nitrogens with zero attached hydrogens (tertiary/aromatic N) is 1. The minimum atomic E-state index is -0.119. The lowest BCUT2D eigenvalue weighted by Gasteiger charge is -2.31. The van der Waals surface area contributed by atoms with Gasteiger partial charge in [0.25, 0.3) is 0 Å². The van der Waals surface area contributed by atoms with Gasteiger partial charge in [-0.05, 0) is 58.9 Å². The van der Waals surface area contributed by atoms with Crippen molar-refractivity contribution < 1.29 is 4.79 Å². The van der Waals surface area contributed by atoms with Gasteiger partial charge in [-0.1, -0.05) is 89.4 Å². The summed E-state index contributed by atoms with van der Waals surface area (Å²) in [6.45, 7) is 1.40. The summed E-state index contributed by atoms with van der Waals surface area (Å²) in [6.07, 6.45) is 3.03. The van der Waals surface area contributed by atoms with Crippen LogP contribution in [0.15, 0.2) is 78.9 Å². The molecule has 0 radical (unpaired) electrons. The van der Waals surface area contributed by atoms with Crippen molar-refractivity contribution in [3.63, 3.8) is 0 Å². The lowest BCUT2D eigenvalue weighted by atomic mass is 9.71. The number of amides is 1.